The smallest absolute Gasteiger partial charge is 0.244 e. The van der Waals surface area contributed by atoms with Crippen molar-refractivity contribution in [2.45, 2.75) is 24.8 Å². The highest BCUT2D eigenvalue weighted by Crippen LogP contribution is 2.41. The average molecular weight is 417 g/mol. The number of nitrogens with zero attached hydrogens (tertiary/aromatic N) is 2. The minimum atomic E-state index is -3.07. The summed E-state index contributed by atoms with van der Waals surface area (Å²) in [5.41, 5.74) is 1.89. The maximum Gasteiger partial charge on any atom is 0.244 e. The number of carbonyl (C=O) groups is 1. The quantitative estimate of drug-likeness (QED) is 0.763. The summed E-state index contributed by atoms with van der Waals surface area (Å²) in [6.07, 6.45) is 0. The van der Waals surface area contributed by atoms with Gasteiger partial charge in [-0.05, 0) is 29.8 Å². The summed E-state index contributed by atoms with van der Waals surface area (Å²) < 4.78 is 29.9. The van der Waals surface area contributed by atoms with Gasteiger partial charge in [0.05, 0.1) is 17.5 Å². The molecular weight excluding hydrogens is 396 g/mol. The molecule has 0 radical (unpaired) electrons. The first-order valence-electron chi connectivity index (χ1n) is 8.94. The van der Waals surface area contributed by atoms with E-state index in [2.05, 4.69) is 4.99 Å². The van der Waals surface area contributed by atoms with Crippen molar-refractivity contribution in [3.63, 3.8) is 0 Å². The summed E-state index contributed by atoms with van der Waals surface area (Å²) in [5.74, 6) is 0.625. The minimum Gasteiger partial charge on any atom is -0.489 e. The van der Waals surface area contributed by atoms with Crippen LogP contribution in [0.3, 0.4) is 0 Å². The Morgan fingerprint density at radius 2 is 1.86 bits per heavy atom. The zero-order valence-corrected chi connectivity index (χ0v) is 16.9. The van der Waals surface area contributed by atoms with Crippen molar-refractivity contribution in [2.24, 2.45) is 4.99 Å². The third kappa shape index (κ3) is 4.07. The molecule has 0 aliphatic carbocycles. The monoisotopic (exact) mass is 416 g/mol. The Morgan fingerprint density at radius 1 is 1.14 bits per heavy atom. The molecule has 0 aromatic heterocycles. The lowest BCUT2D eigenvalue weighted by molar-refractivity contribution is -0.115. The Kier molecular flexibility index (Phi) is 5.16. The molecule has 2 aromatic rings. The molecule has 2 aliphatic rings. The predicted octanol–water partition coefficient (Wildman–Crippen LogP) is 2.89. The Balaban J connectivity index is 1.54. The highest BCUT2D eigenvalue weighted by molar-refractivity contribution is 8.16. The lowest BCUT2D eigenvalue weighted by Gasteiger charge is -2.24. The minimum absolute atomic E-state index is 0.0772. The van der Waals surface area contributed by atoms with E-state index in [9.17, 15) is 13.2 Å². The van der Waals surface area contributed by atoms with Crippen LogP contribution in [0.5, 0.6) is 5.75 Å². The van der Waals surface area contributed by atoms with E-state index in [0.29, 0.717) is 11.8 Å². The zero-order chi connectivity index (χ0) is 19.7. The van der Waals surface area contributed by atoms with Crippen LogP contribution in [0.1, 0.15) is 12.5 Å². The number of rotatable bonds is 4. The van der Waals surface area contributed by atoms with Gasteiger partial charge in [-0.25, -0.2) is 8.42 Å². The molecule has 8 heteroatoms. The zero-order valence-electron chi connectivity index (χ0n) is 15.3. The van der Waals surface area contributed by atoms with E-state index in [-0.39, 0.29) is 28.7 Å². The summed E-state index contributed by atoms with van der Waals surface area (Å²) >= 11 is 1.37. The topological polar surface area (TPSA) is 76.0 Å². The third-order valence-electron chi connectivity index (χ3n) is 4.68. The van der Waals surface area contributed by atoms with Crippen molar-refractivity contribution in [1.29, 1.82) is 0 Å². The number of hydrogen-bond acceptors (Lipinski definition) is 5. The Labute approximate surface area is 168 Å². The SMILES string of the molecule is CC(=O)N=C1S[C@@H]2CS(=O)(=O)C[C@@H]2N1c1ccc(OCc2ccccc2)cc1. The summed E-state index contributed by atoms with van der Waals surface area (Å²) in [6, 6.07) is 17.2. The van der Waals surface area contributed by atoms with E-state index in [1.807, 2.05) is 59.5 Å². The van der Waals surface area contributed by atoms with Gasteiger partial charge in [-0.3, -0.25) is 4.79 Å². The van der Waals surface area contributed by atoms with Crippen LogP contribution in [0.2, 0.25) is 0 Å². The first-order valence-corrected chi connectivity index (χ1v) is 11.6. The number of sulfone groups is 1. The Bertz CT molecular complexity index is 1000. The second-order valence-electron chi connectivity index (χ2n) is 6.85. The van der Waals surface area contributed by atoms with Gasteiger partial charge < -0.3 is 9.64 Å². The maximum atomic E-state index is 12.1. The van der Waals surface area contributed by atoms with E-state index in [0.717, 1.165) is 17.0 Å². The van der Waals surface area contributed by atoms with Crippen LogP contribution in [0, 0.1) is 0 Å². The van der Waals surface area contributed by atoms with Crippen molar-refractivity contribution in [1.82, 2.24) is 0 Å². The number of thioether (sulfide) groups is 1. The molecule has 6 nitrogen and oxygen atoms in total. The van der Waals surface area contributed by atoms with E-state index < -0.39 is 9.84 Å². The van der Waals surface area contributed by atoms with Crippen LogP contribution in [-0.2, 0) is 21.2 Å². The molecule has 146 valence electrons. The molecule has 0 N–H and O–H groups in total. The summed E-state index contributed by atoms with van der Waals surface area (Å²) in [5, 5.41) is 0.465. The molecule has 0 saturated carbocycles. The van der Waals surface area contributed by atoms with Crippen LogP contribution < -0.4 is 9.64 Å². The lowest BCUT2D eigenvalue weighted by Crippen LogP contribution is -2.37. The van der Waals surface area contributed by atoms with E-state index in [1.54, 1.807) is 0 Å². The predicted molar refractivity (Wildman–Crippen MR) is 112 cm³/mol. The van der Waals surface area contributed by atoms with Crippen molar-refractivity contribution in [2.75, 3.05) is 16.4 Å². The van der Waals surface area contributed by atoms with Gasteiger partial charge in [0.2, 0.25) is 5.91 Å². The molecule has 2 aliphatic heterocycles. The number of aliphatic imine (C=N–C) groups is 1. The molecule has 2 aromatic carbocycles. The second kappa shape index (κ2) is 7.60. The largest absolute Gasteiger partial charge is 0.489 e. The highest BCUT2D eigenvalue weighted by atomic mass is 32.2. The van der Waals surface area contributed by atoms with Crippen LogP contribution in [0.15, 0.2) is 59.6 Å². The van der Waals surface area contributed by atoms with Crippen molar-refractivity contribution in [3.05, 3.63) is 60.2 Å². The Morgan fingerprint density at radius 3 is 2.54 bits per heavy atom. The van der Waals surface area contributed by atoms with Crippen LogP contribution in [0.4, 0.5) is 5.69 Å². The molecule has 0 bridgehead atoms. The maximum absolute atomic E-state index is 12.1. The third-order valence-corrected chi connectivity index (χ3v) is 7.89. The van der Waals surface area contributed by atoms with Gasteiger partial charge in [0.1, 0.15) is 12.4 Å². The van der Waals surface area contributed by atoms with Crippen molar-refractivity contribution in [3.8, 4) is 5.75 Å². The van der Waals surface area contributed by atoms with E-state index in [4.69, 9.17) is 4.74 Å². The number of hydrogen-bond donors (Lipinski definition) is 0. The highest BCUT2D eigenvalue weighted by Gasteiger charge is 2.49. The number of anilines is 1. The first kappa shape index (κ1) is 19.0. The van der Waals surface area contributed by atoms with Crippen LogP contribution in [0.25, 0.3) is 0 Å². The Hall–Kier alpha value is -2.32. The molecule has 2 heterocycles. The molecule has 2 atom stereocenters. The number of carbonyl (C=O) groups excluding carboxylic acids is 1. The second-order valence-corrected chi connectivity index (χ2v) is 10.2. The fraction of sp³-hybridized carbons (Fsp3) is 0.300. The first-order chi connectivity index (χ1) is 13.4. The van der Waals surface area contributed by atoms with Gasteiger partial charge >= 0.3 is 0 Å². The molecule has 4 rings (SSSR count). The van der Waals surface area contributed by atoms with Gasteiger partial charge in [0.15, 0.2) is 15.0 Å². The number of ether oxygens (including phenoxy) is 1. The number of amides is 1. The van der Waals surface area contributed by atoms with Crippen LogP contribution in [-0.4, -0.2) is 42.3 Å². The normalized spacial score (nSPS) is 24.3. The average Bonchev–Trinajstić information content (AvgIpc) is 3.11. The molecule has 1 amide bonds. The molecule has 2 saturated heterocycles. The molecule has 0 unspecified atom stereocenters. The number of amidine groups is 1. The van der Waals surface area contributed by atoms with Crippen molar-refractivity contribution >= 4 is 38.4 Å². The van der Waals surface area contributed by atoms with Gasteiger partial charge in [-0.1, -0.05) is 42.1 Å². The fourth-order valence-corrected chi connectivity index (χ4v) is 7.40. The van der Waals surface area contributed by atoms with Gasteiger partial charge in [0.25, 0.3) is 0 Å². The van der Waals surface area contributed by atoms with Gasteiger partial charge in [-0.2, -0.15) is 4.99 Å². The fourth-order valence-electron chi connectivity index (χ4n) is 3.44. The van der Waals surface area contributed by atoms with Crippen molar-refractivity contribution < 1.29 is 17.9 Å². The van der Waals surface area contributed by atoms with E-state index >= 15 is 0 Å². The molecule has 28 heavy (non-hydrogen) atoms. The summed E-state index contributed by atoms with van der Waals surface area (Å²) in [7, 11) is -3.07. The molecule has 0 spiro atoms. The summed E-state index contributed by atoms with van der Waals surface area (Å²) in [6.45, 7) is 1.87. The lowest BCUT2D eigenvalue weighted by atomic mass is 10.2. The van der Waals surface area contributed by atoms with Crippen LogP contribution >= 0.6 is 11.8 Å². The number of fused-ring (bicyclic) bond motifs is 1. The van der Waals surface area contributed by atoms with E-state index in [1.165, 1.54) is 18.7 Å². The molecule has 2 fully saturated rings. The molecular formula is C20H20N2O4S2. The number of benzene rings is 2. The standard InChI is InChI=1S/C20H20N2O4S2/c1-14(23)21-20-22(18-12-28(24,25)13-19(18)27-20)16-7-9-17(10-8-16)26-11-15-5-3-2-4-6-15/h2-10,18-19H,11-13H2,1H3/t18-,19+/m0/s1. The van der Waals surface area contributed by atoms with Gasteiger partial charge in [0, 0.05) is 17.9 Å². The summed E-state index contributed by atoms with van der Waals surface area (Å²) in [4.78, 5) is 17.5. The van der Waals surface area contributed by atoms with Gasteiger partial charge in [-0.15, -0.1) is 0 Å².